The molecule has 0 saturated carbocycles. The Bertz CT molecular complexity index is 387. The average Bonchev–Trinajstić information content (AvgIpc) is 2.18. The van der Waals surface area contributed by atoms with Crippen LogP contribution in [0.4, 0.5) is 0 Å². The van der Waals surface area contributed by atoms with Crippen molar-refractivity contribution in [2.75, 3.05) is 12.9 Å². The zero-order valence-corrected chi connectivity index (χ0v) is 11.7. The first kappa shape index (κ1) is 11.3. The van der Waals surface area contributed by atoms with Gasteiger partial charge in [-0.25, -0.2) is 0 Å². The summed E-state index contributed by atoms with van der Waals surface area (Å²) in [5, 5.41) is 0. The van der Waals surface area contributed by atoms with E-state index in [1.54, 1.807) is 7.11 Å². The quantitative estimate of drug-likeness (QED) is 0.764. The molecule has 0 bridgehead atoms. The van der Waals surface area contributed by atoms with Crippen molar-refractivity contribution in [3.05, 3.63) is 22.2 Å². The molecule has 0 saturated heterocycles. The molecule has 1 nitrogen and oxygen atoms in total. The van der Waals surface area contributed by atoms with E-state index < -0.39 is 0 Å². The van der Waals surface area contributed by atoms with Crippen molar-refractivity contribution in [3.63, 3.8) is 0 Å². The summed E-state index contributed by atoms with van der Waals surface area (Å²) in [7, 11) is 1.75. The number of ether oxygens (including phenoxy) is 1. The molecule has 0 aliphatic carbocycles. The van der Waals surface area contributed by atoms with Crippen LogP contribution in [0.3, 0.4) is 0 Å². The van der Waals surface area contributed by atoms with Crippen molar-refractivity contribution >= 4 is 27.7 Å². The monoisotopic (exact) mass is 286 g/mol. The molecule has 2 rings (SSSR count). The minimum absolute atomic E-state index is 0.218. The minimum atomic E-state index is 0.218. The highest BCUT2D eigenvalue weighted by molar-refractivity contribution is 9.10. The second-order valence-electron chi connectivity index (χ2n) is 4.44. The van der Waals surface area contributed by atoms with E-state index in [4.69, 9.17) is 4.74 Å². The van der Waals surface area contributed by atoms with Gasteiger partial charge in [0.15, 0.2) is 0 Å². The van der Waals surface area contributed by atoms with Gasteiger partial charge in [0.2, 0.25) is 0 Å². The Morgan fingerprint density at radius 1 is 1.40 bits per heavy atom. The highest BCUT2D eigenvalue weighted by atomic mass is 79.9. The van der Waals surface area contributed by atoms with Gasteiger partial charge in [0.25, 0.3) is 0 Å². The molecule has 1 heterocycles. The third kappa shape index (κ3) is 1.92. The molecule has 82 valence electrons. The SMILES string of the molecule is COc1c(Br)ccc2c1C(C)(C)CCS2. The molecule has 0 fully saturated rings. The Hall–Kier alpha value is -0.150. The van der Waals surface area contributed by atoms with Crippen LogP contribution in [0.15, 0.2) is 21.5 Å². The van der Waals surface area contributed by atoms with Gasteiger partial charge < -0.3 is 4.74 Å². The van der Waals surface area contributed by atoms with Crippen LogP contribution in [0.2, 0.25) is 0 Å². The second kappa shape index (κ2) is 4.02. The molecular weight excluding hydrogens is 272 g/mol. The molecule has 0 aromatic heterocycles. The number of methoxy groups -OCH3 is 1. The topological polar surface area (TPSA) is 9.23 Å². The van der Waals surface area contributed by atoms with Crippen LogP contribution in [0.25, 0.3) is 0 Å². The van der Waals surface area contributed by atoms with Crippen LogP contribution >= 0.6 is 27.7 Å². The van der Waals surface area contributed by atoms with Crippen molar-refractivity contribution in [1.29, 1.82) is 0 Å². The summed E-state index contributed by atoms with van der Waals surface area (Å²) in [6.45, 7) is 4.58. The fourth-order valence-corrected chi connectivity index (χ4v) is 4.04. The molecule has 3 heteroatoms. The van der Waals surface area contributed by atoms with E-state index in [0.717, 1.165) is 10.2 Å². The summed E-state index contributed by atoms with van der Waals surface area (Å²) in [5.74, 6) is 2.20. The van der Waals surface area contributed by atoms with Gasteiger partial charge in [-0.3, -0.25) is 0 Å². The van der Waals surface area contributed by atoms with Gasteiger partial charge in [-0.15, -0.1) is 11.8 Å². The Morgan fingerprint density at radius 3 is 2.80 bits per heavy atom. The summed E-state index contributed by atoms with van der Waals surface area (Å²) in [6, 6.07) is 4.26. The number of hydrogen-bond acceptors (Lipinski definition) is 2. The van der Waals surface area contributed by atoms with Crippen LogP contribution < -0.4 is 4.74 Å². The maximum Gasteiger partial charge on any atom is 0.137 e. The number of thioether (sulfide) groups is 1. The van der Waals surface area contributed by atoms with Gasteiger partial charge in [-0.1, -0.05) is 13.8 Å². The van der Waals surface area contributed by atoms with Crippen molar-refractivity contribution < 1.29 is 4.74 Å². The van der Waals surface area contributed by atoms with Gasteiger partial charge in [0, 0.05) is 10.5 Å². The van der Waals surface area contributed by atoms with Gasteiger partial charge in [-0.2, -0.15) is 0 Å². The van der Waals surface area contributed by atoms with Crippen LogP contribution in [0.1, 0.15) is 25.8 Å². The number of hydrogen-bond donors (Lipinski definition) is 0. The van der Waals surface area contributed by atoms with Gasteiger partial charge in [0.1, 0.15) is 5.75 Å². The third-order valence-electron chi connectivity index (χ3n) is 2.94. The maximum absolute atomic E-state index is 5.52. The van der Waals surface area contributed by atoms with Crippen LogP contribution in [0.5, 0.6) is 5.75 Å². The first-order valence-corrected chi connectivity index (χ1v) is 6.84. The third-order valence-corrected chi connectivity index (χ3v) is 4.62. The van der Waals surface area contributed by atoms with Crippen molar-refractivity contribution in [2.45, 2.75) is 30.6 Å². The number of rotatable bonds is 1. The molecule has 0 unspecified atom stereocenters. The fraction of sp³-hybridized carbons (Fsp3) is 0.500. The van der Waals surface area contributed by atoms with E-state index >= 15 is 0 Å². The van der Waals surface area contributed by atoms with Gasteiger partial charge in [-0.05, 0) is 45.7 Å². The van der Waals surface area contributed by atoms with E-state index in [1.165, 1.54) is 22.6 Å². The Labute approximate surface area is 104 Å². The Kier molecular flexibility index (Phi) is 3.04. The van der Waals surface area contributed by atoms with Crippen molar-refractivity contribution in [3.8, 4) is 5.75 Å². The lowest BCUT2D eigenvalue weighted by molar-refractivity contribution is 0.381. The molecule has 0 radical (unpaired) electrons. The molecule has 1 aromatic rings. The second-order valence-corrected chi connectivity index (χ2v) is 6.43. The van der Waals surface area contributed by atoms with Crippen LogP contribution in [-0.4, -0.2) is 12.9 Å². The minimum Gasteiger partial charge on any atom is -0.495 e. The predicted octanol–water partition coefficient (Wildman–Crippen LogP) is 4.23. The Morgan fingerprint density at radius 2 is 2.13 bits per heavy atom. The molecule has 0 amide bonds. The smallest absolute Gasteiger partial charge is 0.137 e. The molecule has 0 N–H and O–H groups in total. The van der Waals surface area contributed by atoms with Crippen molar-refractivity contribution in [1.82, 2.24) is 0 Å². The molecule has 0 atom stereocenters. The molecule has 1 aliphatic heterocycles. The first-order valence-electron chi connectivity index (χ1n) is 5.06. The van der Waals surface area contributed by atoms with Gasteiger partial charge in [0.05, 0.1) is 11.6 Å². The molecular formula is C12H15BrOS. The van der Waals surface area contributed by atoms with Gasteiger partial charge >= 0.3 is 0 Å². The molecule has 0 spiro atoms. The predicted molar refractivity (Wildman–Crippen MR) is 69.1 cm³/mol. The van der Waals surface area contributed by atoms with E-state index in [0.29, 0.717) is 0 Å². The van der Waals surface area contributed by atoms with E-state index in [1.807, 2.05) is 11.8 Å². The maximum atomic E-state index is 5.52. The van der Waals surface area contributed by atoms with E-state index in [2.05, 4.69) is 41.9 Å². The standard InChI is InChI=1S/C12H15BrOS/c1-12(2)6-7-15-9-5-4-8(13)11(14-3)10(9)12/h4-5H,6-7H2,1-3H3. The van der Waals surface area contributed by atoms with E-state index in [9.17, 15) is 0 Å². The number of halogens is 1. The lowest BCUT2D eigenvalue weighted by Gasteiger charge is -2.33. The molecule has 15 heavy (non-hydrogen) atoms. The summed E-state index contributed by atoms with van der Waals surface area (Å²) >= 11 is 5.48. The van der Waals surface area contributed by atoms with E-state index in [-0.39, 0.29) is 5.41 Å². The zero-order chi connectivity index (χ0) is 11.1. The fourth-order valence-electron chi connectivity index (χ4n) is 2.04. The largest absolute Gasteiger partial charge is 0.495 e. The zero-order valence-electron chi connectivity index (χ0n) is 9.26. The Balaban J connectivity index is 2.66. The summed E-state index contributed by atoms with van der Waals surface area (Å²) in [5.41, 5.74) is 1.58. The molecule has 1 aromatic carbocycles. The van der Waals surface area contributed by atoms with Crippen molar-refractivity contribution in [2.24, 2.45) is 0 Å². The molecule has 1 aliphatic rings. The normalized spacial score (nSPS) is 18.4. The lowest BCUT2D eigenvalue weighted by atomic mass is 9.81. The number of benzene rings is 1. The highest BCUT2D eigenvalue weighted by Crippen LogP contribution is 2.48. The van der Waals surface area contributed by atoms with Crippen LogP contribution in [-0.2, 0) is 5.41 Å². The highest BCUT2D eigenvalue weighted by Gasteiger charge is 2.32. The summed E-state index contributed by atoms with van der Waals surface area (Å²) in [6.07, 6.45) is 1.21. The van der Waals surface area contributed by atoms with Crippen LogP contribution in [0, 0.1) is 0 Å². The number of fused-ring (bicyclic) bond motifs is 1. The average molecular weight is 287 g/mol. The first-order chi connectivity index (χ1) is 7.06. The lowest BCUT2D eigenvalue weighted by Crippen LogP contribution is -2.23. The summed E-state index contributed by atoms with van der Waals surface area (Å²) in [4.78, 5) is 1.37. The summed E-state index contributed by atoms with van der Waals surface area (Å²) < 4.78 is 6.57.